The van der Waals surface area contributed by atoms with Gasteiger partial charge in [-0.05, 0) is 23.8 Å². The number of hydrogen-bond donors (Lipinski definition) is 0. The number of para-hydroxylation sites is 1. The van der Waals surface area contributed by atoms with Crippen molar-refractivity contribution in [2.75, 3.05) is 0 Å². The molecule has 0 fully saturated rings. The summed E-state index contributed by atoms with van der Waals surface area (Å²) in [5.41, 5.74) is 2.72. The Balaban J connectivity index is 1.98. The topological polar surface area (TPSA) is 26.3 Å². The van der Waals surface area contributed by atoms with Crippen molar-refractivity contribution < 1.29 is 9.53 Å². The zero-order chi connectivity index (χ0) is 14.5. The van der Waals surface area contributed by atoms with Crippen molar-refractivity contribution >= 4 is 6.29 Å². The van der Waals surface area contributed by atoms with E-state index in [9.17, 15) is 4.79 Å². The summed E-state index contributed by atoms with van der Waals surface area (Å²) in [4.78, 5) is 10.8. The van der Waals surface area contributed by atoms with Crippen molar-refractivity contribution in [3.63, 3.8) is 0 Å². The van der Waals surface area contributed by atoms with Crippen LogP contribution >= 0.6 is 0 Å². The first-order chi connectivity index (χ1) is 10.4. The Hall–Kier alpha value is -2.87. The highest BCUT2D eigenvalue weighted by Crippen LogP contribution is 2.33. The summed E-state index contributed by atoms with van der Waals surface area (Å²) in [6.45, 7) is 0. The summed E-state index contributed by atoms with van der Waals surface area (Å²) in [6.07, 6.45) is 0.815. The maximum Gasteiger partial charge on any atom is 0.150 e. The molecular weight excluding hydrogens is 260 g/mol. The van der Waals surface area contributed by atoms with Crippen LogP contribution in [0.15, 0.2) is 78.9 Å². The molecule has 3 rings (SSSR count). The minimum absolute atomic E-state index is 0.602. The predicted molar refractivity (Wildman–Crippen MR) is 83.8 cm³/mol. The van der Waals surface area contributed by atoms with Gasteiger partial charge in [-0.3, -0.25) is 4.79 Å². The second kappa shape index (κ2) is 6.06. The van der Waals surface area contributed by atoms with Crippen LogP contribution in [-0.4, -0.2) is 6.29 Å². The fourth-order valence-electron chi connectivity index (χ4n) is 2.19. The number of rotatable bonds is 4. The molecule has 0 aliphatic heterocycles. The molecule has 21 heavy (non-hydrogen) atoms. The zero-order valence-corrected chi connectivity index (χ0v) is 11.4. The number of hydrogen-bond acceptors (Lipinski definition) is 2. The van der Waals surface area contributed by atoms with Crippen molar-refractivity contribution in [2.45, 2.75) is 0 Å². The van der Waals surface area contributed by atoms with E-state index in [1.165, 1.54) is 0 Å². The van der Waals surface area contributed by atoms with Gasteiger partial charge in [-0.15, -0.1) is 0 Å². The first-order valence-corrected chi connectivity index (χ1v) is 6.74. The van der Waals surface area contributed by atoms with Crippen LogP contribution in [0.2, 0.25) is 0 Å². The quantitative estimate of drug-likeness (QED) is 0.629. The van der Waals surface area contributed by atoms with Crippen LogP contribution < -0.4 is 4.74 Å². The van der Waals surface area contributed by atoms with Gasteiger partial charge in [0.1, 0.15) is 17.8 Å². The monoisotopic (exact) mass is 274 g/mol. The number of aldehydes is 1. The third kappa shape index (κ3) is 3.00. The molecule has 0 atom stereocenters. The van der Waals surface area contributed by atoms with Gasteiger partial charge in [0.05, 0.1) is 0 Å². The Bertz CT molecular complexity index is 748. The normalized spacial score (nSPS) is 10.1. The highest BCUT2D eigenvalue weighted by Gasteiger charge is 2.06. The molecule has 0 aromatic heterocycles. The third-order valence-corrected chi connectivity index (χ3v) is 3.19. The number of carbonyl (C=O) groups excluding carboxylic acids is 1. The van der Waals surface area contributed by atoms with E-state index in [4.69, 9.17) is 4.74 Å². The summed E-state index contributed by atoms with van der Waals surface area (Å²) in [5, 5.41) is 0. The lowest BCUT2D eigenvalue weighted by molar-refractivity contribution is 0.112. The molecule has 0 radical (unpaired) electrons. The van der Waals surface area contributed by atoms with E-state index in [-0.39, 0.29) is 0 Å². The van der Waals surface area contributed by atoms with E-state index >= 15 is 0 Å². The smallest absolute Gasteiger partial charge is 0.150 e. The molecule has 0 bridgehead atoms. The molecule has 0 unspecified atom stereocenters. The van der Waals surface area contributed by atoms with Gasteiger partial charge in [0.15, 0.2) is 0 Å². The molecule has 2 nitrogen and oxygen atoms in total. The van der Waals surface area contributed by atoms with Gasteiger partial charge in [0.2, 0.25) is 0 Å². The van der Waals surface area contributed by atoms with Gasteiger partial charge in [-0.25, -0.2) is 0 Å². The van der Waals surface area contributed by atoms with Gasteiger partial charge in [0.25, 0.3) is 0 Å². The predicted octanol–water partition coefficient (Wildman–Crippen LogP) is 4.96. The van der Waals surface area contributed by atoms with Crippen molar-refractivity contribution in [3.8, 4) is 22.6 Å². The highest BCUT2D eigenvalue weighted by molar-refractivity contribution is 5.76. The second-order valence-corrected chi connectivity index (χ2v) is 4.65. The van der Waals surface area contributed by atoms with E-state index in [0.717, 1.165) is 23.2 Å². The summed E-state index contributed by atoms with van der Waals surface area (Å²) < 4.78 is 5.95. The fraction of sp³-hybridized carbons (Fsp3) is 0. The first kappa shape index (κ1) is 13.1. The molecule has 3 aromatic carbocycles. The van der Waals surface area contributed by atoms with Crippen LogP contribution in [-0.2, 0) is 0 Å². The standard InChI is InChI=1S/C19H14O2/c20-14-15-7-6-10-17(13-15)21-19-12-5-4-11-18(19)16-8-2-1-3-9-16/h1-14H. The van der Waals surface area contributed by atoms with Crippen molar-refractivity contribution in [3.05, 3.63) is 84.4 Å². The van der Waals surface area contributed by atoms with Gasteiger partial charge >= 0.3 is 0 Å². The van der Waals surface area contributed by atoms with Crippen LogP contribution in [0.25, 0.3) is 11.1 Å². The van der Waals surface area contributed by atoms with Gasteiger partial charge < -0.3 is 4.74 Å². The van der Waals surface area contributed by atoms with Crippen molar-refractivity contribution in [2.24, 2.45) is 0 Å². The first-order valence-electron chi connectivity index (χ1n) is 6.74. The molecule has 0 amide bonds. The molecule has 0 spiro atoms. The van der Waals surface area contributed by atoms with Gasteiger partial charge in [-0.1, -0.05) is 60.7 Å². The Labute approximate surface area is 123 Å². The lowest BCUT2D eigenvalue weighted by atomic mass is 10.0. The summed E-state index contributed by atoms with van der Waals surface area (Å²) in [5.74, 6) is 1.43. The molecule has 2 heteroatoms. The van der Waals surface area contributed by atoms with Crippen LogP contribution in [0.4, 0.5) is 0 Å². The highest BCUT2D eigenvalue weighted by atomic mass is 16.5. The Kier molecular flexibility index (Phi) is 3.79. The minimum Gasteiger partial charge on any atom is -0.457 e. The Morgan fingerprint density at radius 1 is 0.762 bits per heavy atom. The van der Waals surface area contributed by atoms with E-state index in [1.54, 1.807) is 12.1 Å². The molecule has 0 aliphatic rings. The number of ether oxygens (including phenoxy) is 1. The molecule has 3 aromatic rings. The maximum atomic E-state index is 10.8. The molecule has 0 heterocycles. The lowest BCUT2D eigenvalue weighted by Gasteiger charge is -2.11. The van der Waals surface area contributed by atoms with Gasteiger partial charge in [0, 0.05) is 11.1 Å². The van der Waals surface area contributed by atoms with E-state index in [2.05, 4.69) is 0 Å². The van der Waals surface area contributed by atoms with Gasteiger partial charge in [-0.2, -0.15) is 0 Å². The second-order valence-electron chi connectivity index (χ2n) is 4.65. The SMILES string of the molecule is O=Cc1cccc(Oc2ccccc2-c2ccccc2)c1. The van der Waals surface area contributed by atoms with E-state index in [0.29, 0.717) is 11.3 Å². The maximum absolute atomic E-state index is 10.8. The molecular formula is C19H14O2. The Morgan fingerprint density at radius 3 is 2.33 bits per heavy atom. The summed E-state index contributed by atoms with van der Waals surface area (Å²) in [7, 11) is 0. The van der Waals surface area contributed by atoms with Crippen LogP contribution in [0, 0.1) is 0 Å². The lowest BCUT2D eigenvalue weighted by Crippen LogP contribution is -1.89. The van der Waals surface area contributed by atoms with Crippen molar-refractivity contribution in [1.82, 2.24) is 0 Å². The van der Waals surface area contributed by atoms with Crippen LogP contribution in [0.5, 0.6) is 11.5 Å². The van der Waals surface area contributed by atoms with Crippen LogP contribution in [0.3, 0.4) is 0 Å². The largest absolute Gasteiger partial charge is 0.457 e. The Morgan fingerprint density at radius 2 is 1.52 bits per heavy atom. The molecule has 0 saturated heterocycles. The van der Waals surface area contributed by atoms with E-state index in [1.807, 2.05) is 66.7 Å². The number of carbonyl (C=O) groups is 1. The summed E-state index contributed by atoms with van der Waals surface area (Å²) in [6, 6.07) is 25.1. The fourth-order valence-corrected chi connectivity index (χ4v) is 2.19. The zero-order valence-electron chi connectivity index (χ0n) is 11.4. The van der Waals surface area contributed by atoms with Crippen LogP contribution in [0.1, 0.15) is 10.4 Å². The van der Waals surface area contributed by atoms with Crippen molar-refractivity contribution in [1.29, 1.82) is 0 Å². The third-order valence-electron chi connectivity index (χ3n) is 3.19. The molecule has 0 saturated carbocycles. The average Bonchev–Trinajstić information content (AvgIpc) is 2.56. The number of benzene rings is 3. The van der Waals surface area contributed by atoms with E-state index < -0.39 is 0 Å². The summed E-state index contributed by atoms with van der Waals surface area (Å²) >= 11 is 0. The molecule has 0 N–H and O–H groups in total. The minimum atomic E-state index is 0.602. The molecule has 0 aliphatic carbocycles. The average molecular weight is 274 g/mol. The molecule has 102 valence electrons.